The molecule has 0 aliphatic rings. The number of aliphatic hydroxyl groups is 1. The lowest BCUT2D eigenvalue weighted by Crippen LogP contribution is -2.39. The fourth-order valence-electron chi connectivity index (χ4n) is 2.82. The topological polar surface area (TPSA) is 65.9 Å². The Labute approximate surface area is 168 Å². The lowest BCUT2D eigenvalue weighted by Gasteiger charge is -2.18. The summed E-state index contributed by atoms with van der Waals surface area (Å²) in [6, 6.07) is 20.4. The fraction of sp³-hybridized carbons (Fsp3) is 0.435. The van der Waals surface area contributed by atoms with E-state index in [1.165, 1.54) is 5.56 Å². The first kappa shape index (κ1) is 21.9. The number of guanidine groups is 1. The highest BCUT2D eigenvalue weighted by molar-refractivity contribution is 5.79. The lowest BCUT2D eigenvalue weighted by atomic mass is 10.0. The number of hydrogen-bond acceptors (Lipinski definition) is 3. The normalized spacial score (nSPS) is 14.9. The van der Waals surface area contributed by atoms with E-state index in [2.05, 4.69) is 46.8 Å². The smallest absolute Gasteiger partial charge is 0.191 e. The molecule has 2 aromatic rings. The van der Waals surface area contributed by atoms with Crippen molar-refractivity contribution in [3.8, 4) is 0 Å². The molecule has 2 rings (SSSR count). The van der Waals surface area contributed by atoms with Crippen molar-refractivity contribution in [2.75, 3.05) is 26.2 Å². The highest BCUT2D eigenvalue weighted by atomic mass is 16.5. The van der Waals surface area contributed by atoms with Crippen LogP contribution >= 0.6 is 0 Å². The van der Waals surface area contributed by atoms with Crippen molar-refractivity contribution in [2.45, 2.75) is 38.9 Å². The molecule has 3 N–H and O–H groups in total. The summed E-state index contributed by atoms with van der Waals surface area (Å²) in [7, 11) is 0. The van der Waals surface area contributed by atoms with Gasteiger partial charge in [0, 0.05) is 13.1 Å². The summed E-state index contributed by atoms with van der Waals surface area (Å²) in [5.41, 5.74) is 2.39. The van der Waals surface area contributed by atoms with E-state index in [4.69, 9.17) is 4.74 Å². The van der Waals surface area contributed by atoms with Gasteiger partial charge in [-0.3, -0.25) is 4.99 Å². The predicted molar refractivity (Wildman–Crippen MR) is 116 cm³/mol. The minimum atomic E-state index is -0.645. The monoisotopic (exact) mass is 383 g/mol. The first-order valence-electron chi connectivity index (χ1n) is 10.0. The summed E-state index contributed by atoms with van der Waals surface area (Å²) in [4.78, 5) is 4.49. The fourth-order valence-corrected chi connectivity index (χ4v) is 2.82. The summed E-state index contributed by atoms with van der Waals surface area (Å²) in [5.74, 6) is 1.07. The predicted octanol–water partition coefficient (Wildman–Crippen LogP) is 3.48. The molecule has 152 valence electrons. The van der Waals surface area contributed by atoms with Gasteiger partial charge in [-0.15, -0.1) is 0 Å². The maximum atomic E-state index is 10.2. The number of nitrogens with one attached hydrogen (secondary N) is 2. The van der Waals surface area contributed by atoms with Crippen LogP contribution in [0.25, 0.3) is 0 Å². The van der Waals surface area contributed by atoms with Crippen LogP contribution in [0.3, 0.4) is 0 Å². The van der Waals surface area contributed by atoms with Gasteiger partial charge in [-0.05, 0) is 30.9 Å². The molecule has 0 aliphatic heterocycles. The van der Waals surface area contributed by atoms with Crippen LogP contribution < -0.4 is 10.6 Å². The summed E-state index contributed by atoms with van der Waals surface area (Å²) >= 11 is 0. The molecule has 0 saturated heterocycles. The quantitative estimate of drug-likeness (QED) is 0.434. The second kappa shape index (κ2) is 12.2. The van der Waals surface area contributed by atoms with Gasteiger partial charge in [0.1, 0.15) is 0 Å². The Balaban J connectivity index is 1.78. The van der Waals surface area contributed by atoms with Gasteiger partial charge >= 0.3 is 0 Å². The standard InChI is InChI=1S/C23H33N3O2/c1-4-24-23(25-15-18(2)20-11-7-5-8-12-20)26-16-22(27)17-28-19(3)21-13-9-6-10-14-21/h5-14,18-19,22,27H,4,15-17H2,1-3H3,(H2,24,25,26). The molecule has 0 fully saturated rings. The highest BCUT2D eigenvalue weighted by Crippen LogP contribution is 2.16. The van der Waals surface area contributed by atoms with Crippen molar-refractivity contribution in [3.63, 3.8) is 0 Å². The van der Waals surface area contributed by atoms with Crippen molar-refractivity contribution in [2.24, 2.45) is 4.99 Å². The lowest BCUT2D eigenvalue weighted by molar-refractivity contribution is 0.00111. The van der Waals surface area contributed by atoms with E-state index < -0.39 is 6.10 Å². The van der Waals surface area contributed by atoms with Gasteiger partial charge in [-0.1, -0.05) is 67.6 Å². The van der Waals surface area contributed by atoms with Crippen LogP contribution in [0.4, 0.5) is 0 Å². The summed E-state index contributed by atoms with van der Waals surface area (Å²) in [6.07, 6.45) is -0.703. The molecule has 3 unspecified atom stereocenters. The molecule has 5 nitrogen and oxygen atoms in total. The second-order valence-electron chi connectivity index (χ2n) is 6.95. The summed E-state index contributed by atoms with van der Waals surface area (Å²) in [6.45, 7) is 8.27. The number of aliphatic imine (C=N–C) groups is 1. The third-order valence-electron chi connectivity index (χ3n) is 4.56. The van der Waals surface area contributed by atoms with Crippen LogP contribution in [0.2, 0.25) is 0 Å². The molecular weight excluding hydrogens is 350 g/mol. The highest BCUT2D eigenvalue weighted by Gasteiger charge is 2.11. The summed E-state index contributed by atoms with van der Waals surface area (Å²) in [5, 5.41) is 16.8. The van der Waals surface area contributed by atoms with Crippen LogP contribution in [-0.2, 0) is 4.74 Å². The molecule has 2 aromatic carbocycles. The Hall–Kier alpha value is -2.37. The molecule has 0 aromatic heterocycles. The van der Waals surface area contributed by atoms with Gasteiger partial charge in [0.05, 0.1) is 25.4 Å². The van der Waals surface area contributed by atoms with Crippen LogP contribution in [0.1, 0.15) is 43.9 Å². The number of aliphatic hydroxyl groups excluding tert-OH is 1. The maximum absolute atomic E-state index is 10.2. The number of nitrogens with zero attached hydrogens (tertiary/aromatic N) is 1. The molecule has 5 heteroatoms. The third kappa shape index (κ3) is 7.71. The van der Waals surface area contributed by atoms with Gasteiger partial charge in [-0.25, -0.2) is 0 Å². The minimum absolute atomic E-state index is 0.0575. The molecule has 0 spiro atoms. The van der Waals surface area contributed by atoms with E-state index >= 15 is 0 Å². The average molecular weight is 384 g/mol. The Kier molecular flexibility index (Phi) is 9.52. The first-order valence-corrected chi connectivity index (χ1v) is 10.0. The van der Waals surface area contributed by atoms with Crippen LogP contribution in [-0.4, -0.2) is 43.4 Å². The molecule has 3 atom stereocenters. The van der Waals surface area contributed by atoms with Gasteiger partial charge in [0.25, 0.3) is 0 Å². The van der Waals surface area contributed by atoms with Gasteiger partial charge < -0.3 is 20.5 Å². The van der Waals surface area contributed by atoms with E-state index in [-0.39, 0.29) is 19.3 Å². The van der Waals surface area contributed by atoms with Crippen molar-refractivity contribution < 1.29 is 9.84 Å². The molecule has 0 heterocycles. The number of ether oxygens (including phenoxy) is 1. The zero-order valence-electron chi connectivity index (χ0n) is 17.1. The SMILES string of the molecule is CCNC(=NCC(O)COC(C)c1ccccc1)NCC(C)c1ccccc1. The number of rotatable bonds is 10. The van der Waals surface area contributed by atoms with Crippen molar-refractivity contribution in [3.05, 3.63) is 71.8 Å². The molecule has 28 heavy (non-hydrogen) atoms. The van der Waals surface area contributed by atoms with Gasteiger partial charge in [0.2, 0.25) is 0 Å². The molecule has 0 saturated carbocycles. The Morgan fingerprint density at radius 1 is 0.964 bits per heavy atom. The van der Waals surface area contributed by atoms with Crippen LogP contribution in [0, 0.1) is 0 Å². The Morgan fingerprint density at radius 3 is 2.18 bits per heavy atom. The van der Waals surface area contributed by atoms with E-state index in [1.54, 1.807) is 0 Å². The third-order valence-corrected chi connectivity index (χ3v) is 4.56. The van der Waals surface area contributed by atoms with Crippen molar-refractivity contribution in [1.82, 2.24) is 10.6 Å². The first-order chi connectivity index (χ1) is 13.6. The van der Waals surface area contributed by atoms with Crippen molar-refractivity contribution in [1.29, 1.82) is 0 Å². The minimum Gasteiger partial charge on any atom is -0.389 e. The molecule has 0 amide bonds. The van der Waals surface area contributed by atoms with Gasteiger partial charge in [0.15, 0.2) is 5.96 Å². The number of benzene rings is 2. The molecular formula is C23H33N3O2. The molecule has 0 aliphatic carbocycles. The van der Waals surface area contributed by atoms with Gasteiger partial charge in [-0.2, -0.15) is 0 Å². The van der Waals surface area contributed by atoms with E-state index in [0.717, 1.165) is 18.7 Å². The molecule has 0 bridgehead atoms. The maximum Gasteiger partial charge on any atom is 0.191 e. The molecule has 0 radical (unpaired) electrons. The largest absolute Gasteiger partial charge is 0.389 e. The van der Waals surface area contributed by atoms with Crippen molar-refractivity contribution >= 4 is 5.96 Å². The zero-order valence-corrected chi connectivity index (χ0v) is 17.1. The zero-order chi connectivity index (χ0) is 20.2. The van der Waals surface area contributed by atoms with E-state index in [1.807, 2.05) is 50.2 Å². The number of hydrogen-bond donors (Lipinski definition) is 3. The Morgan fingerprint density at radius 2 is 1.57 bits per heavy atom. The van der Waals surface area contributed by atoms with E-state index in [0.29, 0.717) is 11.9 Å². The average Bonchev–Trinajstić information content (AvgIpc) is 2.75. The van der Waals surface area contributed by atoms with Crippen LogP contribution in [0.5, 0.6) is 0 Å². The summed E-state index contributed by atoms with van der Waals surface area (Å²) < 4.78 is 5.78. The van der Waals surface area contributed by atoms with Crippen LogP contribution in [0.15, 0.2) is 65.7 Å². The Bertz CT molecular complexity index is 692. The second-order valence-corrected chi connectivity index (χ2v) is 6.95. The van der Waals surface area contributed by atoms with E-state index in [9.17, 15) is 5.11 Å².